The molecule has 8 heteroatoms. The van der Waals surface area contributed by atoms with Gasteiger partial charge in [-0.2, -0.15) is 5.26 Å². The van der Waals surface area contributed by atoms with Gasteiger partial charge < -0.3 is 15.4 Å². The van der Waals surface area contributed by atoms with Crippen molar-refractivity contribution in [1.82, 2.24) is 0 Å². The van der Waals surface area contributed by atoms with Gasteiger partial charge in [-0.3, -0.25) is 0 Å². The standard InChI is InChI=1S/C11H15N3O3S2/c1-7-6-14(3-4-17-7)11-10(19(2,15)16)9(13)8(5-12)18-11/h7H,3-4,6,13H2,1-2H3. The zero-order valence-electron chi connectivity index (χ0n) is 10.7. The topological polar surface area (TPSA) is 96.4 Å². The molecule has 1 aliphatic rings. The molecule has 0 saturated carbocycles. The fourth-order valence-corrected chi connectivity index (χ4v) is 4.61. The Bertz CT molecular complexity index is 630. The summed E-state index contributed by atoms with van der Waals surface area (Å²) in [6, 6.07) is 1.95. The van der Waals surface area contributed by atoms with Crippen LogP contribution in [0, 0.1) is 11.3 Å². The first kappa shape index (κ1) is 14.1. The molecule has 1 aromatic heterocycles. The predicted octanol–water partition coefficient (Wildman–Crippen LogP) is 0.831. The Kier molecular flexibility index (Phi) is 3.71. The van der Waals surface area contributed by atoms with Gasteiger partial charge in [-0.15, -0.1) is 11.3 Å². The molecule has 2 rings (SSSR count). The van der Waals surface area contributed by atoms with Crippen molar-refractivity contribution in [3.63, 3.8) is 0 Å². The van der Waals surface area contributed by atoms with Gasteiger partial charge in [0.2, 0.25) is 0 Å². The van der Waals surface area contributed by atoms with Crippen molar-refractivity contribution in [1.29, 1.82) is 5.26 Å². The van der Waals surface area contributed by atoms with Crippen LogP contribution in [0.2, 0.25) is 0 Å². The summed E-state index contributed by atoms with van der Waals surface area (Å²) in [5.74, 6) is 0. The third-order valence-electron chi connectivity index (χ3n) is 2.88. The second-order valence-electron chi connectivity index (χ2n) is 4.49. The SMILES string of the molecule is CC1CN(c2sc(C#N)c(N)c2S(C)(=O)=O)CCO1. The zero-order valence-corrected chi connectivity index (χ0v) is 12.3. The lowest BCUT2D eigenvalue weighted by molar-refractivity contribution is 0.0533. The number of thiophene rings is 1. The van der Waals surface area contributed by atoms with Gasteiger partial charge in [-0.05, 0) is 6.92 Å². The third kappa shape index (κ3) is 2.68. The van der Waals surface area contributed by atoms with E-state index in [-0.39, 0.29) is 21.6 Å². The lowest BCUT2D eigenvalue weighted by Gasteiger charge is -2.32. The Morgan fingerprint density at radius 3 is 2.79 bits per heavy atom. The molecule has 19 heavy (non-hydrogen) atoms. The minimum atomic E-state index is -3.47. The maximum absolute atomic E-state index is 11.9. The number of ether oxygens (including phenoxy) is 1. The Morgan fingerprint density at radius 2 is 2.26 bits per heavy atom. The van der Waals surface area contributed by atoms with Gasteiger partial charge in [-0.25, -0.2) is 8.42 Å². The number of morpholine rings is 1. The van der Waals surface area contributed by atoms with Crippen molar-refractivity contribution in [3.8, 4) is 6.07 Å². The maximum Gasteiger partial charge on any atom is 0.180 e. The lowest BCUT2D eigenvalue weighted by atomic mass is 10.3. The van der Waals surface area contributed by atoms with Crippen molar-refractivity contribution in [2.24, 2.45) is 0 Å². The quantitative estimate of drug-likeness (QED) is 0.869. The maximum atomic E-state index is 11.9. The van der Waals surface area contributed by atoms with Gasteiger partial charge in [0.1, 0.15) is 20.8 Å². The van der Waals surface area contributed by atoms with Crippen LogP contribution in [0.1, 0.15) is 11.8 Å². The number of nitriles is 1. The summed E-state index contributed by atoms with van der Waals surface area (Å²) in [6.45, 7) is 3.64. The molecule has 0 amide bonds. The highest BCUT2D eigenvalue weighted by Crippen LogP contribution is 2.41. The summed E-state index contributed by atoms with van der Waals surface area (Å²) in [7, 11) is -3.47. The van der Waals surface area contributed by atoms with E-state index in [2.05, 4.69) is 0 Å². The molecule has 0 aromatic carbocycles. The summed E-state index contributed by atoms with van der Waals surface area (Å²) in [5, 5.41) is 9.56. The van der Waals surface area contributed by atoms with Crippen molar-refractivity contribution in [2.75, 3.05) is 36.6 Å². The molecular formula is C11H15N3O3S2. The molecule has 6 nitrogen and oxygen atoms in total. The van der Waals surface area contributed by atoms with Crippen LogP contribution in [0.4, 0.5) is 10.7 Å². The van der Waals surface area contributed by atoms with Crippen LogP contribution in [-0.2, 0) is 14.6 Å². The van der Waals surface area contributed by atoms with Crippen molar-refractivity contribution < 1.29 is 13.2 Å². The largest absolute Gasteiger partial charge is 0.396 e. The van der Waals surface area contributed by atoms with E-state index in [0.29, 0.717) is 24.7 Å². The Hall–Kier alpha value is -1.30. The van der Waals surface area contributed by atoms with Crippen molar-refractivity contribution >= 4 is 31.9 Å². The number of nitrogens with zero attached hydrogens (tertiary/aromatic N) is 2. The van der Waals surface area contributed by atoms with E-state index in [1.165, 1.54) is 0 Å². The molecule has 1 atom stereocenters. The molecule has 1 unspecified atom stereocenters. The lowest BCUT2D eigenvalue weighted by Crippen LogP contribution is -2.41. The van der Waals surface area contributed by atoms with Crippen LogP contribution in [0.15, 0.2) is 4.90 Å². The fourth-order valence-electron chi connectivity index (χ4n) is 2.07. The van der Waals surface area contributed by atoms with Crippen LogP contribution < -0.4 is 10.6 Å². The zero-order chi connectivity index (χ0) is 14.2. The van der Waals surface area contributed by atoms with Crippen molar-refractivity contribution in [2.45, 2.75) is 17.9 Å². The fraction of sp³-hybridized carbons (Fsp3) is 0.545. The molecule has 0 spiro atoms. The van der Waals surface area contributed by atoms with E-state index in [4.69, 9.17) is 15.7 Å². The molecule has 0 radical (unpaired) electrons. The van der Waals surface area contributed by atoms with E-state index in [1.54, 1.807) is 0 Å². The summed E-state index contributed by atoms with van der Waals surface area (Å²) >= 11 is 1.13. The highest BCUT2D eigenvalue weighted by Gasteiger charge is 2.29. The third-order valence-corrected chi connectivity index (χ3v) is 5.34. The minimum absolute atomic E-state index is 0.0232. The smallest absolute Gasteiger partial charge is 0.180 e. The number of sulfone groups is 1. The average molecular weight is 301 g/mol. The monoisotopic (exact) mass is 301 g/mol. The summed E-state index contributed by atoms with van der Waals surface area (Å²) < 4.78 is 29.2. The van der Waals surface area contributed by atoms with Crippen LogP contribution in [-0.4, -0.2) is 40.5 Å². The Labute approximate surface area is 116 Å². The Balaban J connectivity index is 2.54. The van der Waals surface area contributed by atoms with E-state index >= 15 is 0 Å². The number of hydrogen-bond acceptors (Lipinski definition) is 7. The number of anilines is 2. The van der Waals surface area contributed by atoms with E-state index in [1.807, 2.05) is 17.9 Å². The highest BCUT2D eigenvalue weighted by atomic mass is 32.2. The molecule has 2 N–H and O–H groups in total. The summed E-state index contributed by atoms with van der Waals surface area (Å²) in [5.41, 5.74) is 5.85. The molecule has 2 heterocycles. The van der Waals surface area contributed by atoms with E-state index in [9.17, 15) is 8.42 Å². The van der Waals surface area contributed by atoms with Crippen molar-refractivity contribution in [3.05, 3.63) is 4.88 Å². The normalized spacial score (nSPS) is 20.3. The minimum Gasteiger partial charge on any atom is -0.396 e. The molecule has 0 bridgehead atoms. The summed E-state index contributed by atoms with van der Waals surface area (Å²) in [4.78, 5) is 2.24. The van der Waals surface area contributed by atoms with Crippen LogP contribution >= 0.6 is 11.3 Å². The van der Waals surface area contributed by atoms with Gasteiger partial charge in [0.25, 0.3) is 0 Å². The van der Waals surface area contributed by atoms with Gasteiger partial charge in [0.05, 0.1) is 18.4 Å². The molecule has 1 aromatic rings. The first-order valence-corrected chi connectivity index (χ1v) is 8.44. The van der Waals surface area contributed by atoms with Crippen LogP contribution in [0.5, 0.6) is 0 Å². The molecule has 104 valence electrons. The molecular weight excluding hydrogens is 286 g/mol. The molecule has 0 aliphatic carbocycles. The first-order chi connectivity index (χ1) is 8.84. The van der Waals surface area contributed by atoms with E-state index in [0.717, 1.165) is 17.6 Å². The number of hydrogen-bond donors (Lipinski definition) is 1. The highest BCUT2D eigenvalue weighted by molar-refractivity contribution is 7.91. The summed E-state index contributed by atoms with van der Waals surface area (Å²) in [6.07, 6.45) is 1.13. The number of nitrogens with two attached hydrogens (primary N) is 1. The molecule has 1 saturated heterocycles. The molecule has 1 fully saturated rings. The predicted molar refractivity (Wildman–Crippen MR) is 74.2 cm³/mol. The number of rotatable bonds is 2. The van der Waals surface area contributed by atoms with Gasteiger partial charge in [0, 0.05) is 19.3 Å². The van der Waals surface area contributed by atoms with Crippen LogP contribution in [0.25, 0.3) is 0 Å². The second kappa shape index (κ2) is 5.00. The van der Waals surface area contributed by atoms with Gasteiger partial charge >= 0.3 is 0 Å². The van der Waals surface area contributed by atoms with Gasteiger partial charge in [-0.1, -0.05) is 0 Å². The Morgan fingerprint density at radius 1 is 1.58 bits per heavy atom. The average Bonchev–Trinajstić information content (AvgIpc) is 2.66. The second-order valence-corrected chi connectivity index (χ2v) is 7.44. The van der Waals surface area contributed by atoms with Gasteiger partial charge in [0.15, 0.2) is 9.84 Å². The number of nitrogen functional groups attached to an aromatic ring is 1. The van der Waals surface area contributed by atoms with Crippen LogP contribution in [0.3, 0.4) is 0 Å². The first-order valence-electron chi connectivity index (χ1n) is 5.73. The molecule has 1 aliphatic heterocycles. The van der Waals surface area contributed by atoms with E-state index < -0.39 is 9.84 Å².